The normalized spacial score (nSPS) is 12.5. The van der Waals surface area contributed by atoms with E-state index in [0.717, 1.165) is 41.8 Å². The quantitative estimate of drug-likeness (QED) is 0.678. The predicted molar refractivity (Wildman–Crippen MR) is 92.4 cm³/mol. The van der Waals surface area contributed by atoms with Crippen LogP contribution in [0.15, 0.2) is 16.6 Å². The second kappa shape index (κ2) is 9.31. The molecule has 1 rings (SSSR count). The summed E-state index contributed by atoms with van der Waals surface area (Å²) in [6.45, 7) is 7.72. The smallest absolute Gasteiger partial charge is 0.161 e. The van der Waals surface area contributed by atoms with Crippen LogP contribution in [-0.4, -0.2) is 20.8 Å². The molecule has 1 aromatic rings. The van der Waals surface area contributed by atoms with Gasteiger partial charge in [0.2, 0.25) is 0 Å². The zero-order chi connectivity index (χ0) is 15.8. The van der Waals surface area contributed by atoms with Gasteiger partial charge in [0.15, 0.2) is 11.5 Å². The van der Waals surface area contributed by atoms with Crippen molar-refractivity contribution in [3.63, 3.8) is 0 Å². The molecule has 0 aliphatic heterocycles. The molecule has 0 heterocycles. The number of benzene rings is 1. The van der Waals surface area contributed by atoms with Gasteiger partial charge in [0.1, 0.15) is 0 Å². The number of nitrogens with one attached hydrogen (secondary N) is 1. The molecule has 0 amide bonds. The molecule has 0 fully saturated rings. The van der Waals surface area contributed by atoms with Crippen LogP contribution in [0.1, 0.15) is 51.6 Å². The van der Waals surface area contributed by atoms with Gasteiger partial charge in [0.05, 0.1) is 14.2 Å². The summed E-state index contributed by atoms with van der Waals surface area (Å²) in [5, 5.41) is 3.69. The number of methoxy groups -OCH3 is 2. The minimum absolute atomic E-state index is 0.328. The Hall–Kier alpha value is -0.740. The third kappa shape index (κ3) is 4.62. The van der Waals surface area contributed by atoms with Gasteiger partial charge in [-0.15, -0.1) is 0 Å². The Balaban J connectivity index is 3.22. The van der Waals surface area contributed by atoms with Crippen molar-refractivity contribution in [3.05, 3.63) is 22.2 Å². The fourth-order valence-corrected chi connectivity index (χ4v) is 3.27. The highest BCUT2D eigenvalue weighted by molar-refractivity contribution is 9.10. The Kier molecular flexibility index (Phi) is 8.12. The first-order valence-electron chi connectivity index (χ1n) is 7.77. The molecule has 0 spiro atoms. The van der Waals surface area contributed by atoms with Crippen LogP contribution in [0.2, 0.25) is 0 Å². The summed E-state index contributed by atoms with van der Waals surface area (Å²) >= 11 is 3.69. The monoisotopic (exact) mass is 357 g/mol. The third-order valence-electron chi connectivity index (χ3n) is 3.97. The van der Waals surface area contributed by atoms with Crippen molar-refractivity contribution >= 4 is 15.9 Å². The predicted octanol–water partition coefficient (Wildman–Crippen LogP) is 4.94. The van der Waals surface area contributed by atoms with Gasteiger partial charge in [-0.3, -0.25) is 0 Å². The summed E-state index contributed by atoms with van der Waals surface area (Å²) < 4.78 is 11.9. The molecule has 1 N–H and O–H groups in total. The van der Waals surface area contributed by atoms with Crippen molar-refractivity contribution in [1.82, 2.24) is 5.32 Å². The maximum atomic E-state index is 5.46. The summed E-state index contributed by atoms with van der Waals surface area (Å²) in [6, 6.07) is 4.42. The molecule has 1 unspecified atom stereocenters. The number of rotatable bonds is 9. The van der Waals surface area contributed by atoms with Crippen LogP contribution in [0, 0.1) is 5.92 Å². The molecule has 1 aromatic carbocycles. The van der Waals surface area contributed by atoms with E-state index >= 15 is 0 Å². The SMILES string of the molecule is CCCNC(c1cc(OC)c(OC)cc1Br)C(CC)CC. The van der Waals surface area contributed by atoms with E-state index < -0.39 is 0 Å². The lowest BCUT2D eigenvalue weighted by molar-refractivity contribution is 0.333. The molecule has 120 valence electrons. The average molecular weight is 358 g/mol. The van der Waals surface area contributed by atoms with Gasteiger partial charge in [0, 0.05) is 10.5 Å². The Morgan fingerprint density at radius 2 is 1.62 bits per heavy atom. The lowest BCUT2D eigenvalue weighted by Crippen LogP contribution is -2.29. The molecule has 0 radical (unpaired) electrons. The second-order valence-electron chi connectivity index (χ2n) is 5.24. The van der Waals surface area contributed by atoms with Crippen LogP contribution in [0.4, 0.5) is 0 Å². The summed E-state index contributed by atoms with van der Waals surface area (Å²) in [6.07, 6.45) is 3.43. The minimum Gasteiger partial charge on any atom is -0.493 e. The van der Waals surface area contributed by atoms with Crippen molar-refractivity contribution in [3.8, 4) is 11.5 Å². The molecule has 1 atom stereocenters. The Bertz CT molecular complexity index is 433. The summed E-state index contributed by atoms with van der Waals surface area (Å²) in [4.78, 5) is 0. The van der Waals surface area contributed by atoms with Crippen LogP contribution >= 0.6 is 15.9 Å². The summed E-state index contributed by atoms with van der Waals surface area (Å²) in [7, 11) is 3.35. The zero-order valence-electron chi connectivity index (χ0n) is 13.8. The molecular formula is C17H28BrNO2. The third-order valence-corrected chi connectivity index (χ3v) is 4.66. The molecular weight excluding hydrogens is 330 g/mol. The molecule has 3 nitrogen and oxygen atoms in total. The van der Waals surface area contributed by atoms with Crippen LogP contribution in [-0.2, 0) is 0 Å². The average Bonchev–Trinajstić information content (AvgIpc) is 2.51. The largest absolute Gasteiger partial charge is 0.493 e. The van der Waals surface area contributed by atoms with E-state index in [1.807, 2.05) is 6.07 Å². The Morgan fingerprint density at radius 1 is 1.05 bits per heavy atom. The lowest BCUT2D eigenvalue weighted by Gasteiger charge is -2.28. The van der Waals surface area contributed by atoms with Crippen molar-refractivity contribution in [1.29, 1.82) is 0 Å². The molecule has 21 heavy (non-hydrogen) atoms. The lowest BCUT2D eigenvalue weighted by atomic mass is 9.88. The highest BCUT2D eigenvalue weighted by Crippen LogP contribution is 2.39. The van der Waals surface area contributed by atoms with Crippen LogP contribution in [0.25, 0.3) is 0 Å². The Labute approximate surface area is 137 Å². The second-order valence-corrected chi connectivity index (χ2v) is 6.09. The first kappa shape index (κ1) is 18.3. The topological polar surface area (TPSA) is 30.5 Å². The summed E-state index contributed by atoms with van der Waals surface area (Å²) in [5.74, 6) is 2.14. The van der Waals surface area contributed by atoms with Gasteiger partial charge >= 0.3 is 0 Å². The van der Waals surface area contributed by atoms with Gasteiger partial charge in [-0.1, -0.05) is 49.5 Å². The molecule has 0 aliphatic rings. The fraction of sp³-hybridized carbons (Fsp3) is 0.647. The van der Waals surface area contributed by atoms with Gasteiger partial charge < -0.3 is 14.8 Å². The first-order valence-corrected chi connectivity index (χ1v) is 8.56. The first-order chi connectivity index (χ1) is 10.1. The number of ether oxygens (including phenoxy) is 2. The minimum atomic E-state index is 0.328. The maximum absolute atomic E-state index is 5.46. The molecule has 0 saturated heterocycles. The van der Waals surface area contributed by atoms with Crippen molar-refractivity contribution in [2.45, 2.75) is 46.1 Å². The molecule has 0 saturated carbocycles. The van der Waals surface area contributed by atoms with E-state index in [-0.39, 0.29) is 0 Å². The van der Waals surface area contributed by atoms with Crippen molar-refractivity contribution < 1.29 is 9.47 Å². The van der Waals surface area contributed by atoms with Crippen LogP contribution in [0.3, 0.4) is 0 Å². The van der Waals surface area contributed by atoms with Crippen LogP contribution in [0.5, 0.6) is 11.5 Å². The highest BCUT2D eigenvalue weighted by Gasteiger charge is 2.23. The molecule has 0 aromatic heterocycles. The number of hydrogen-bond acceptors (Lipinski definition) is 3. The van der Waals surface area contributed by atoms with E-state index in [1.54, 1.807) is 14.2 Å². The van der Waals surface area contributed by atoms with Crippen molar-refractivity contribution in [2.24, 2.45) is 5.92 Å². The highest BCUT2D eigenvalue weighted by atomic mass is 79.9. The molecule has 4 heteroatoms. The van der Waals surface area contributed by atoms with E-state index in [9.17, 15) is 0 Å². The van der Waals surface area contributed by atoms with Gasteiger partial charge in [-0.2, -0.15) is 0 Å². The van der Waals surface area contributed by atoms with E-state index in [0.29, 0.717) is 12.0 Å². The van der Waals surface area contributed by atoms with Gasteiger partial charge in [-0.25, -0.2) is 0 Å². The summed E-state index contributed by atoms with van der Waals surface area (Å²) in [5.41, 5.74) is 1.25. The number of hydrogen-bond donors (Lipinski definition) is 1. The number of halogens is 1. The van der Waals surface area contributed by atoms with Gasteiger partial charge in [0.25, 0.3) is 0 Å². The Morgan fingerprint density at radius 3 is 2.10 bits per heavy atom. The van der Waals surface area contributed by atoms with E-state index in [1.165, 1.54) is 5.56 Å². The van der Waals surface area contributed by atoms with E-state index in [2.05, 4.69) is 48.1 Å². The van der Waals surface area contributed by atoms with E-state index in [4.69, 9.17) is 9.47 Å². The van der Waals surface area contributed by atoms with Crippen LogP contribution < -0.4 is 14.8 Å². The molecule has 0 aliphatic carbocycles. The van der Waals surface area contributed by atoms with Gasteiger partial charge in [-0.05, 0) is 36.6 Å². The maximum Gasteiger partial charge on any atom is 0.161 e. The molecule has 0 bridgehead atoms. The zero-order valence-corrected chi connectivity index (χ0v) is 15.4. The van der Waals surface area contributed by atoms with Crippen molar-refractivity contribution in [2.75, 3.05) is 20.8 Å². The standard InChI is InChI=1S/C17H28BrNO2/c1-6-9-19-17(12(7-2)8-3)13-10-15(20-4)16(21-5)11-14(13)18/h10-12,17,19H,6-9H2,1-5H3. The fourth-order valence-electron chi connectivity index (χ4n) is 2.70.